The summed E-state index contributed by atoms with van der Waals surface area (Å²) in [6.45, 7) is 2.04. The Kier molecular flexibility index (Phi) is 5.44. The molecule has 0 aliphatic heterocycles. The summed E-state index contributed by atoms with van der Waals surface area (Å²) in [5.41, 5.74) is 0.312. The molecule has 0 fully saturated rings. The van der Waals surface area contributed by atoms with Gasteiger partial charge in [0.2, 0.25) is 0 Å². The molecule has 1 aromatic rings. The van der Waals surface area contributed by atoms with Crippen molar-refractivity contribution in [3.63, 3.8) is 0 Å². The van der Waals surface area contributed by atoms with Gasteiger partial charge >= 0.3 is 5.97 Å². The number of amides is 1. The minimum absolute atomic E-state index is 0.106. The fraction of sp³-hybridized carbons (Fsp3) is 0.333. The van der Waals surface area contributed by atoms with Crippen LogP contribution in [0.5, 0.6) is 0 Å². The van der Waals surface area contributed by atoms with E-state index in [2.05, 4.69) is 4.74 Å². The first-order valence-corrected chi connectivity index (χ1v) is 6.06. The van der Waals surface area contributed by atoms with Gasteiger partial charge in [-0.25, -0.2) is 0 Å². The molecule has 4 nitrogen and oxygen atoms in total. The zero-order valence-electron chi connectivity index (χ0n) is 10.1. The van der Waals surface area contributed by atoms with Crippen molar-refractivity contribution in [1.29, 1.82) is 0 Å². The highest BCUT2D eigenvalue weighted by Crippen LogP contribution is 2.22. The fourth-order valence-corrected chi connectivity index (χ4v) is 1.87. The van der Waals surface area contributed by atoms with Crippen molar-refractivity contribution in [2.24, 2.45) is 0 Å². The van der Waals surface area contributed by atoms with E-state index in [-0.39, 0.29) is 17.5 Å². The first-order chi connectivity index (χ1) is 8.49. The van der Waals surface area contributed by atoms with Crippen molar-refractivity contribution >= 4 is 35.1 Å². The van der Waals surface area contributed by atoms with Crippen molar-refractivity contribution in [2.75, 3.05) is 20.2 Å². The Morgan fingerprint density at radius 1 is 1.33 bits per heavy atom. The normalized spacial score (nSPS) is 10.0. The predicted molar refractivity (Wildman–Crippen MR) is 70.1 cm³/mol. The lowest BCUT2D eigenvalue weighted by atomic mass is 10.2. The van der Waals surface area contributed by atoms with Gasteiger partial charge in [-0.2, -0.15) is 0 Å². The highest BCUT2D eigenvalue weighted by atomic mass is 35.5. The molecular weight excluding hydrogens is 277 g/mol. The van der Waals surface area contributed by atoms with Gasteiger partial charge in [0.15, 0.2) is 0 Å². The molecule has 1 amide bonds. The molecule has 0 heterocycles. The van der Waals surface area contributed by atoms with Crippen LogP contribution in [0.15, 0.2) is 18.2 Å². The molecule has 0 aliphatic carbocycles. The summed E-state index contributed by atoms with van der Waals surface area (Å²) in [6, 6.07) is 4.60. The van der Waals surface area contributed by atoms with Crippen molar-refractivity contribution in [3.05, 3.63) is 33.8 Å². The summed E-state index contributed by atoms with van der Waals surface area (Å²) in [6.07, 6.45) is 0. The maximum Gasteiger partial charge on any atom is 0.325 e. The van der Waals surface area contributed by atoms with Crippen LogP contribution in [0.25, 0.3) is 0 Å². The first kappa shape index (κ1) is 14.8. The van der Waals surface area contributed by atoms with Crippen LogP contribution in [0.1, 0.15) is 17.3 Å². The molecule has 0 saturated heterocycles. The summed E-state index contributed by atoms with van der Waals surface area (Å²) in [5.74, 6) is -0.806. The fourth-order valence-electron chi connectivity index (χ4n) is 1.38. The predicted octanol–water partition coefficient (Wildman–Crippen LogP) is 2.63. The molecule has 18 heavy (non-hydrogen) atoms. The third kappa shape index (κ3) is 3.62. The standard InChI is InChI=1S/C12H13Cl2NO3/c1-3-15(7-11(16)18-2)12(17)9-5-4-8(13)6-10(9)14/h4-6H,3,7H2,1-2H3. The Labute approximate surface area is 115 Å². The molecule has 0 saturated carbocycles. The summed E-state index contributed by atoms with van der Waals surface area (Å²) < 4.78 is 4.53. The molecule has 0 N–H and O–H groups in total. The summed E-state index contributed by atoms with van der Waals surface area (Å²) in [7, 11) is 1.27. The second-order valence-corrected chi connectivity index (χ2v) is 4.36. The molecule has 0 aliphatic rings. The van der Waals surface area contributed by atoms with Crippen LogP contribution in [-0.2, 0) is 9.53 Å². The minimum atomic E-state index is -0.477. The van der Waals surface area contributed by atoms with Crippen LogP contribution in [0.4, 0.5) is 0 Å². The number of rotatable bonds is 4. The van der Waals surface area contributed by atoms with E-state index in [1.165, 1.54) is 24.1 Å². The number of nitrogens with zero attached hydrogens (tertiary/aromatic N) is 1. The third-order valence-corrected chi connectivity index (χ3v) is 2.93. The van der Waals surface area contributed by atoms with E-state index in [1.807, 2.05) is 0 Å². The number of halogens is 2. The van der Waals surface area contributed by atoms with Crippen LogP contribution in [0.2, 0.25) is 10.0 Å². The summed E-state index contributed by atoms with van der Waals surface area (Å²) in [5, 5.41) is 0.711. The Balaban J connectivity index is 2.93. The van der Waals surface area contributed by atoms with Gasteiger partial charge in [-0.15, -0.1) is 0 Å². The average molecular weight is 290 g/mol. The second-order valence-electron chi connectivity index (χ2n) is 3.52. The van der Waals surface area contributed by atoms with Crippen LogP contribution in [0, 0.1) is 0 Å². The Hall–Kier alpha value is -1.26. The van der Waals surface area contributed by atoms with Crippen molar-refractivity contribution in [2.45, 2.75) is 6.92 Å². The Morgan fingerprint density at radius 3 is 2.50 bits per heavy atom. The van der Waals surface area contributed by atoms with E-state index in [0.29, 0.717) is 17.1 Å². The number of esters is 1. The molecule has 6 heteroatoms. The van der Waals surface area contributed by atoms with E-state index in [9.17, 15) is 9.59 Å². The van der Waals surface area contributed by atoms with Gasteiger partial charge in [-0.3, -0.25) is 9.59 Å². The second kappa shape index (κ2) is 6.61. The number of methoxy groups -OCH3 is 1. The topological polar surface area (TPSA) is 46.6 Å². The molecule has 0 unspecified atom stereocenters. The van der Waals surface area contributed by atoms with Crippen LogP contribution in [-0.4, -0.2) is 37.0 Å². The van der Waals surface area contributed by atoms with Gasteiger partial charge in [0.25, 0.3) is 5.91 Å². The molecule has 0 bridgehead atoms. The highest BCUT2D eigenvalue weighted by Gasteiger charge is 2.19. The van der Waals surface area contributed by atoms with Crippen molar-refractivity contribution in [1.82, 2.24) is 4.90 Å². The monoisotopic (exact) mass is 289 g/mol. The molecule has 1 rings (SSSR count). The van der Waals surface area contributed by atoms with Gasteiger partial charge in [-0.1, -0.05) is 23.2 Å². The van der Waals surface area contributed by atoms with Crippen LogP contribution < -0.4 is 0 Å². The number of benzene rings is 1. The van der Waals surface area contributed by atoms with E-state index in [0.717, 1.165) is 0 Å². The first-order valence-electron chi connectivity index (χ1n) is 5.30. The quantitative estimate of drug-likeness (QED) is 0.801. The SMILES string of the molecule is CCN(CC(=O)OC)C(=O)c1ccc(Cl)cc1Cl. The van der Waals surface area contributed by atoms with Gasteiger partial charge in [0, 0.05) is 11.6 Å². The zero-order chi connectivity index (χ0) is 13.7. The maximum absolute atomic E-state index is 12.2. The molecule has 1 aromatic carbocycles. The summed E-state index contributed by atoms with van der Waals surface area (Å²) >= 11 is 11.7. The summed E-state index contributed by atoms with van der Waals surface area (Å²) in [4.78, 5) is 24.7. The molecule has 98 valence electrons. The largest absolute Gasteiger partial charge is 0.468 e. The molecular formula is C12H13Cl2NO3. The van der Waals surface area contributed by atoms with Crippen molar-refractivity contribution in [3.8, 4) is 0 Å². The Bertz CT molecular complexity index is 463. The number of carbonyl (C=O) groups excluding carboxylic acids is 2. The molecule has 0 atom stereocenters. The smallest absolute Gasteiger partial charge is 0.325 e. The van der Waals surface area contributed by atoms with Crippen molar-refractivity contribution < 1.29 is 14.3 Å². The molecule has 0 spiro atoms. The zero-order valence-corrected chi connectivity index (χ0v) is 11.6. The lowest BCUT2D eigenvalue weighted by molar-refractivity contribution is -0.141. The molecule has 0 radical (unpaired) electrons. The lowest BCUT2D eigenvalue weighted by Crippen LogP contribution is -2.36. The number of hydrogen-bond acceptors (Lipinski definition) is 3. The van der Waals surface area contributed by atoms with E-state index in [4.69, 9.17) is 23.2 Å². The van der Waals surface area contributed by atoms with E-state index in [1.54, 1.807) is 13.0 Å². The van der Waals surface area contributed by atoms with Crippen LogP contribution >= 0.6 is 23.2 Å². The van der Waals surface area contributed by atoms with Gasteiger partial charge < -0.3 is 9.64 Å². The third-order valence-electron chi connectivity index (χ3n) is 2.38. The van der Waals surface area contributed by atoms with Gasteiger partial charge in [0.1, 0.15) is 6.54 Å². The maximum atomic E-state index is 12.2. The van der Waals surface area contributed by atoms with Gasteiger partial charge in [0.05, 0.1) is 17.7 Å². The van der Waals surface area contributed by atoms with Gasteiger partial charge in [-0.05, 0) is 25.1 Å². The number of likely N-dealkylation sites (N-methyl/N-ethyl adjacent to an activating group) is 1. The average Bonchev–Trinajstić information content (AvgIpc) is 2.34. The van der Waals surface area contributed by atoms with E-state index >= 15 is 0 Å². The number of ether oxygens (including phenoxy) is 1. The Morgan fingerprint density at radius 2 is 2.00 bits per heavy atom. The lowest BCUT2D eigenvalue weighted by Gasteiger charge is -2.20. The highest BCUT2D eigenvalue weighted by molar-refractivity contribution is 6.36. The molecule has 0 aromatic heterocycles. The number of hydrogen-bond donors (Lipinski definition) is 0. The minimum Gasteiger partial charge on any atom is -0.468 e. The number of carbonyl (C=O) groups is 2. The van der Waals surface area contributed by atoms with E-state index < -0.39 is 5.97 Å². The van der Waals surface area contributed by atoms with Crippen LogP contribution in [0.3, 0.4) is 0 Å².